The Morgan fingerprint density at radius 1 is 1.17 bits per heavy atom. The Kier molecular flexibility index (Phi) is 6.17. The Hall–Kier alpha value is -0.820. The van der Waals surface area contributed by atoms with Crippen LogP contribution in [-0.2, 0) is 0 Å². The molecule has 1 N–H and O–H groups in total. The highest BCUT2D eigenvalue weighted by atomic mass is 16.3. The topological polar surface area (TPSA) is 20.2 Å². The predicted molar refractivity (Wildman–Crippen MR) is 128 cm³/mol. The lowest BCUT2D eigenvalue weighted by Crippen LogP contribution is -2.50. The third-order valence-electron chi connectivity index (χ3n) is 10.5. The van der Waals surface area contributed by atoms with Crippen molar-refractivity contribution in [3.05, 3.63) is 36.0 Å². The molecule has 168 valence electrons. The second-order valence-electron chi connectivity index (χ2n) is 12.0. The summed E-state index contributed by atoms with van der Waals surface area (Å²) in [6.45, 7) is 16.3. The van der Waals surface area contributed by atoms with Gasteiger partial charge in [-0.25, -0.2) is 0 Å². The van der Waals surface area contributed by atoms with Crippen molar-refractivity contribution in [2.45, 2.75) is 98.5 Å². The summed E-state index contributed by atoms with van der Waals surface area (Å²) in [5.41, 5.74) is 3.77. The van der Waals surface area contributed by atoms with E-state index in [0.29, 0.717) is 22.7 Å². The fraction of sp³-hybridized carbons (Fsp3) is 0.793. The molecule has 9 atom stereocenters. The van der Waals surface area contributed by atoms with Gasteiger partial charge in [-0.3, -0.25) is 0 Å². The number of aliphatic hydroxyl groups is 1. The number of allylic oxidation sites excluding steroid dienone is 4. The molecule has 0 amide bonds. The minimum absolute atomic E-state index is 0.0932. The highest BCUT2D eigenvalue weighted by molar-refractivity contribution is 5.25. The van der Waals surface area contributed by atoms with Gasteiger partial charge in [0.1, 0.15) is 0 Å². The third-order valence-corrected chi connectivity index (χ3v) is 10.5. The molecule has 0 aromatic carbocycles. The van der Waals surface area contributed by atoms with E-state index in [9.17, 15) is 5.11 Å². The second kappa shape index (κ2) is 8.27. The fourth-order valence-corrected chi connectivity index (χ4v) is 8.64. The first-order chi connectivity index (χ1) is 14.2. The van der Waals surface area contributed by atoms with Gasteiger partial charge in [0.25, 0.3) is 0 Å². The molecule has 0 heterocycles. The van der Waals surface area contributed by atoms with Crippen molar-refractivity contribution >= 4 is 0 Å². The molecule has 0 saturated heterocycles. The van der Waals surface area contributed by atoms with E-state index in [1.54, 1.807) is 5.57 Å². The quantitative estimate of drug-likeness (QED) is 0.460. The van der Waals surface area contributed by atoms with Crippen molar-refractivity contribution in [3.63, 3.8) is 0 Å². The van der Waals surface area contributed by atoms with Crippen LogP contribution in [0.15, 0.2) is 36.0 Å². The maximum Gasteiger partial charge on any atom is 0.0577 e. The molecule has 0 aliphatic heterocycles. The summed E-state index contributed by atoms with van der Waals surface area (Å²) in [5, 5.41) is 10.2. The molecule has 3 saturated carbocycles. The van der Waals surface area contributed by atoms with Crippen LogP contribution in [0.2, 0.25) is 0 Å². The van der Waals surface area contributed by atoms with Gasteiger partial charge in [0.2, 0.25) is 0 Å². The van der Waals surface area contributed by atoms with Crippen LogP contribution in [-0.4, -0.2) is 11.2 Å². The van der Waals surface area contributed by atoms with Crippen molar-refractivity contribution in [2.24, 2.45) is 46.3 Å². The smallest absolute Gasteiger partial charge is 0.0577 e. The van der Waals surface area contributed by atoms with E-state index in [1.807, 2.05) is 0 Å². The first-order valence-corrected chi connectivity index (χ1v) is 12.9. The molecule has 0 spiro atoms. The molecule has 3 fully saturated rings. The van der Waals surface area contributed by atoms with Crippen LogP contribution in [0, 0.1) is 46.3 Å². The zero-order chi connectivity index (χ0) is 21.7. The fourth-order valence-electron chi connectivity index (χ4n) is 8.64. The molecular weight excluding hydrogens is 364 g/mol. The lowest BCUT2D eigenvalue weighted by molar-refractivity contribution is -0.0540. The number of hydrogen-bond acceptors (Lipinski definition) is 1. The van der Waals surface area contributed by atoms with Gasteiger partial charge in [0.05, 0.1) is 6.10 Å². The molecule has 0 bridgehead atoms. The summed E-state index contributed by atoms with van der Waals surface area (Å²) in [7, 11) is 0. The van der Waals surface area contributed by atoms with Crippen molar-refractivity contribution in [1.82, 2.24) is 0 Å². The molecule has 4 aliphatic carbocycles. The van der Waals surface area contributed by atoms with Crippen molar-refractivity contribution in [3.8, 4) is 0 Å². The molecule has 1 nitrogen and oxygen atoms in total. The number of rotatable bonds is 5. The normalized spacial score (nSPS) is 45.3. The summed E-state index contributed by atoms with van der Waals surface area (Å²) < 4.78 is 0. The Morgan fingerprint density at radius 2 is 1.93 bits per heavy atom. The third kappa shape index (κ3) is 3.58. The molecule has 0 radical (unpaired) electrons. The number of fused-ring (bicyclic) bond motifs is 5. The Balaban J connectivity index is 1.53. The van der Waals surface area contributed by atoms with Crippen LogP contribution in [0.5, 0.6) is 0 Å². The van der Waals surface area contributed by atoms with E-state index in [4.69, 9.17) is 0 Å². The van der Waals surface area contributed by atoms with Gasteiger partial charge in [0, 0.05) is 0 Å². The van der Waals surface area contributed by atoms with Gasteiger partial charge in [-0.2, -0.15) is 0 Å². The number of aliphatic hydroxyl groups excluding tert-OH is 1. The van der Waals surface area contributed by atoms with Crippen molar-refractivity contribution < 1.29 is 5.11 Å². The van der Waals surface area contributed by atoms with Gasteiger partial charge in [-0.15, -0.1) is 0 Å². The molecule has 0 aromatic rings. The second-order valence-corrected chi connectivity index (χ2v) is 12.0. The minimum Gasteiger partial charge on any atom is -0.393 e. The summed E-state index contributed by atoms with van der Waals surface area (Å²) in [6.07, 6.45) is 18.7. The summed E-state index contributed by atoms with van der Waals surface area (Å²) >= 11 is 0. The zero-order valence-corrected chi connectivity index (χ0v) is 20.3. The Labute approximate surface area is 186 Å². The standard InChI is InChI=1S/C29H46O/c1-7-21(19(2)3)9-8-20(4)25-12-13-26-24-11-10-22-18-23(30)14-16-28(22,5)27(24)15-17-29(25,26)6/h8-10,20-21,23-27,30H,2,7,11-18H2,1,3-6H3/b9-8+/t20-,21+,23+,24?,25?,26?,27?,28+,29-/m1/s1. The molecular formula is C29H46O. The average Bonchev–Trinajstić information content (AvgIpc) is 3.06. The van der Waals surface area contributed by atoms with Crippen LogP contribution < -0.4 is 0 Å². The molecule has 0 aromatic heterocycles. The zero-order valence-electron chi connectivity index (χ0n) is 20.3. The van der Waals surface area contributed by atoms with Crippen molar-refractivity contribution in [1.29, 1.82) is 0 Å². The maximum atomic E-state index is 10.2. The SMILES string of the molecule is C=C(C)[C@H](/C=C/[C@@H](C)C1CCC2C3CC=C4C[C@@H](O)CC[C@]4(C)C3CC[C@@]21C)CC. The van der Waals surface area contributed by atoms with Gasteiger partial charge < -0.3 is 5.11 Å². The molecule has 4 aliphatic rings. The summed E-state index contributed by atoms with van der Waals surface area (Å²) in [6, 6.07) is 0. The highest BCUT2D eigenvalue weighted by Crippen LogP contribution is 2.67. The first-order valence-electron chi connectivity index (χ1n) is 12.9. The molecule has 1 heteroatoms. The predicted octanol–water partition coefficient (Wildman–Crippen LogP) is 7.72. The Morgan fingerprint density at radius 3 is 2.63 bits per heavy atom. The summed E-state index contributed by atoms with van der Waals surface area (Å²) in [5.74, 6) is 4.64. The van der Waals surface area contributed by atoms with E-state index in [2.05, 4.69) is 59.4 Å². The monoisotopic (exact) mass is 410 g/mol. The highest BCUT2D eigenvalue weighted by Gasteiger charge is 2.58. The number of hydrogen-bond donors (Lipinski definition) is 1. The maximum absolute atomic E-state index is 10.2. The van der Waals surface area contributed by atoms with Gasteiger partial charge >= 0.3 is 0 Å². The van der Waals surface area contributed by atoms with E-state index >= 15 is 0 Å². The van der Waals surface area contributed by atoms with Crippen LogP contribution in [0.4, 0.5) is 0 Å². The van der Waals surface area contributed by atoms with Gasteiger partial charge in [-0.05, 0) is 111 Å². The lowest BCUT2D eigenvalue weighted by atomic mass is 9.47. The van der Waals surface area contributed by atoms with Gasteiger partial charge in [0.15, 0.2) is 0 Å². The molecule has 30 heavy (non-hydrogen) atoms. The van der Waals surface area contributed by atoms with E-state index in [0.717, 1.165) is 42.9 Å². The van der Waals surface area contributed by atoms with E-state index in [1.165, 1.54) is 44.1 Å². The molecule has 4 unspecified atom stereocenters. The molecule has 4 rings (SSSR count). The largest absolute Gasteiger partial charge is 0.393 e. The minimum atomic E-state index is -0.0932. The summed E-state index contributed by atoms with van der Waals surface area (Å²) in [4.78, 5) is 0. The van der Waals surface area contributed by atoms with Crippen molar-refractivity contribution in [2.75, 3.05) is 0 Å². The van der Waals surface area contributed by atoms with E-state index < -0.39 is 0 Å². The van der Waals surface area contributed by atoms with Crippen LogP contribution >= 0.6 is 0 Å². The average molecular weight is 411 g/mol. The van der Waals surface area contributed by atoms with Crippen LogP contribution in [0.1, 0.15) is 92.4 Å². The van der Waals surface area contributed by atoms with Crippen LogP contribution in [0.3, 0.4) is 0 Å². The van der Waals surface area contributed by atoms with E-state index in [-0.39, 0.29) is 6.10 Å². The first kappa shape index (κ1) is 22.4. The van der Waals surface area contributed by atoms with Crippen LogP contribution in [0.25, 0.3) is 0 Å². The van der Waals surface area contributed by atoms with Gasteiger partial charge in [-0.1, -0.05) is 63.6 Å². The Bertz CT molecular complexity index is 716. The lowest BCUT2D eigenvalue weighted by Gasteiger charge is -2.58.